The van der Waals surface area contributed by atoms with Gasteiger partial charge < -0.3 is 19.9 Å². The van der Waals surface area contributed by atoms with Crippen LogP contribution in [0.3, 0.4) is 0 Å². The summed E-state index contributed by atoms with van der Waals surface area (Å²) in [5.41, 5.74) is 2.92. The molecule has 2 aromatic rings. The summed E-state index contributed by atoms with van der Waals surface area (Å²) in [6, 6.07) is 11.2. The highest BCUT2D eigenvalue weighted by Gasteiger charge is 2.36. The first kappa shape index (κ1) is 21.4. The highest BCUT2D eigenvalue weighted by Crippen LogP contribution is 2.35. The number of piperidine rings is 1. The van der Waals surface area contributed by atoms with Gasteiger partial charge in [0.15, 0.2) is 0 Å². The Morgan fingerprint density at radius 2 is 2.03 bits per heavy atom. The molecule has 2 atom stereocenters. The molecule has 0 saturated carbocycles. The van der Waals surface area contributed by atoms with E-state index in [1.165, 1.54) is 0 Å². The molecule has 2 bridgehead atoms. The van der Waals surface area contributed by atoms with Gasteiger partial charge in [0.25, 0.3) is 5.56 Å². The smallest absolute Gasteiger partial charge is 0.317 e. The van der Waals surface area contributed by atoms with E-state index in [4.69, 9.17) is 0 Å². The van der Waals surface area contributed by atoms with Crippen LogP contribution in [0.2, 0.25) is 0 Å². The molecule has 2 aliphatic heterocycles. The van der Waals surface area contributed by atoms with Crippen LogP contribution in [0.5, 0.6) is 5.75 Å². The number of rotatable bonds is 6. The summed E-state index contributed by atoms with van der Waals surface area (Å²) in [5.74, 6) is 0.784. The minimum absolute atomic E-state index is 0.0116. The van der Waals surface area contributed by atoms with E-state index in [1.54, 1.807) is 12.1 Å². The van der Waals surface area contributed by atoms with Crippen LogP contribution in [0.1, 0.15) is 42.5 Å². The largest absolute Gasteiger partial charge is 0.508 e. The number of urea groups is 1. The standard InChI is InChI=1S/C24H32N4O3/c1-3-9-25-24(31)27-13-18-10-20(16-27)22-8-7-19(23(30)28(22)14-18)15-26(2)12-17-5-4-6-21(29)11-17/h4-8,11,18,20,29H,3,9-10,12-16H2,1-2H3,(H,25,31)/t18-,20+/m0/s1. The number of amides is 2. The normalized spacial score (nSPS) is 19.9. The Kier molecular flexibility index (Phi) is 6.32. The Morgan fingerprint density at radius 1 is 1.19 bits per heavy atom. The van der Waals surface area contributed by atoms with E-state index in [0.717, 1.165) is 29.7 Å². The molecule has 7 nitrogen and oxygen atoms in total. The molecule has 1 fully saturated rings. The van der Waals surface area contributed by atoms with Gasteiger partial charge in [0.05, 0.1) is 0 Å². The van der Waals surface area contributed by atoms with Crippen molar-refractivity contribution in [3.8, 4) is 5.75 Å². The summed E-state index contributed by atoms with van der Waals surface area (Å²) in [5, 5.41) is 12.6. The van der Waals surface area contributed by atoms with Crippen molar-refractivity contribution in [3.63, 3.8) is 0 Å². The average Bonchev–Trinajstić information content (AvgIpc) is 2.74. The molecule has 0 unspecified atom stereocenters. The first-order valence-corrected chi connectivity index (χ1v) is 11.2. The molecular formula is C24H32N4O3. The molecule has 2 aliphatic rings. The summed E-state index contributed by atoms with van der Waals surface area (Å²) in [6.07, 6.45) is 1.96. The molecule has 31 heavy (non-hydrogen) atoms. The molecule has 0 spiro atoms. The maximum Gasteiger partial charge on any atom is 0.317 e. The van der Waals surface area contributed by atoms with Crippen molar-refractivity contribution in [1.29, 1.82) is 0 Å². The zero-order chi connectivity index (χ0) is 22.0. The van der Waals surface area contributed by atoms with E-state index in [1.807, 2.05) is 41.6 Å². The van der Waals surface area contributed by atoms with Gasteiger partial charge in [-0.05, 0) is 49.6 Å². The lowest BCUT2D eigenvalue weighted by molar-refractivity contribution is 0.131. The third-order valence-corrected chi connectivity index (χ3v) is 6.30. The third kappa shape index (κ3) is 4.77. The molecule has 3 heterocycles. The number of likely N-dealkylation sites (tertiary alicyclic amines) is 1. The lowest BCUT2D eigenvalue weighted by atomic mass is 9.83. The number of phenols is 1. The van der Waals surface area contributed by atoms with Crippen molar-refractivity contribution in [2.24, 2.45) is 5.92 Å². The van der Waals surface area contributed by atoms with E-state index in [0.29, 0.717) is 45.2 Å². The van der Waals surface area contributed by atoms with Crippen LogP contribution in [0, 0.1) is 5.92 Å². The van der Waals surface area contributed by atoms with E-state index < -0.39 is 0 Å². The number of carbonyl (C=O) groups excluding carboxylic acids is 1. The monoisotopic (exact) mass is 424 g/mol. The van der Waals surface area contributed by atoms with Gasteiger partial charge in [0, 0.05) is 56.4 Å². The Labute approximate surface area is 183 Å². The van der Waals surface area contributed by atoms with Gasteiger partial charge in [-0.1, -0.05) is 25.1 Å². The Morgan fingerprint density at radius 3 is 2.81 bits per heavy atom. The fourth-order valence-corrected chi connectivity index (χ4v) is 4.93. The van der Waals surface area contributed by atoms with Crippen molar-refractivity contribution >= 4 is 6.03 Å². The van der Waals surface area contributed by atoms with Gasteiger partial charge >= 0.3 is 6.03 Å². The number of hydrogen-bond donors (Lipinski definition) is 2. The van der Waals surface area contributed by atoms with Crippen LogP contribution in [-0.2, 0) is 19.6 Å². The zero-order valence-electron chi connectivity index (χ0n) is 18.4. The van der Waals surface area contributed by atoms with Crippen LogP contribution in [0.15, 0.2) is 41.2 Å². The van der Waals surface area contributed by atoms with Crippen molar-refractivity contribution in [2.75, 3.05) is 26.7 Å². The summed E-state index contributed by atoms with van der Waals surface area (Å²) < 4.78 is 1.94. The van der Waals surface area contributed by atoms with Gasteiger partial charge in [0.2, 0.25) is 0 Å². The molecular weight excluding hydrogens is 392 g/mol. The molecule has 2 N–H and O–H groups in total. The minimum atomic E-state index is 0.0116. The quantitative estimate of drug-likeness (QED) is 0.748. The molecule has 0 radical (unpaired) electrons. The van der Waals surface area contributed by atoms with E-state index in [-0.39, 0.29) is 23.3 Å². The SMILES string of the molecule is CCCNC(=O)N1C[C@@H]2C[C@H](C1)c1ccc(CN(C)Cc3cccc(O)c3)c(=O)n1C2. The maximum absolute atomic E-state index is 13.2. The Bertz CT molecular complexity index is 1000. The molecule has 1 aromatic carbocycles. The van der Waals surface area contributed by atoms with Crippen molar-refractivity contribution in [2.45, 2.75) is 45.3 Å². The number of phenolic OH excluding ortho intramolecular Hbond substituents is 1. The number of benzene rings is 1. The molecule has 7 heteroatoms. The minimum Gasteiger partial charge on any atom is -0.508 e. The van der Waals surface area contributed by atoms with E-state index in [2.05, 4.69) is 16.3 Å². The number of aromatic nitrogens is 1. The molecule has 0 aliphatic carbocycles. The van der Waals surface area contributed by atoms with E-state index >= 15 is 0 Å². The van der Waals surface area contributed by atoms with Gasteiger partial charge in [0.1, 0.15) is 5.75 Å². The summed E-state index contributed by atoms with van der Waals surface area (Å²) in [7, 11) is 1.98. The molecule has 166 valence electrons. The second-order valence-corrected chi connectivity index (χ2v) is 8.98. The Balaban J connectivity index is 1.47. The lowest BCUT2D eigenvalue weighted by Gasteiger charge is -2.42. The van der Waals surface area contributed by atoms with Gasteiger partial charge in [-0.2, -0.15) is 0 Å². The first-order chi connectivity index (χ1) is 14.9. The van der Waals surface area contributed by atoms with Crippen molar-refractivity contribution in [3.05, 3.63) is 63.6 Å². The fourth-order valence-electron chi connectivity index (χ4n) is 4.93. The second-order valence-electron chi connectivity index (χ2n) is 8.98. The van der Waals surface area contributed by atoms with Gasteiger partial charge in [-0.3, -0.25) is 9.69 Å². The number of pyridine rings is 1. The molecule has 2 amide bonds. The number of aromatic hydroxyl groups is 1. The van der Waals surface area contributed by atoms with Gasteiger partial charge in [-0.25, -0.2) is 4.79 Å². The van der Waals surface area contributed by atoms with Crippen molar-refractivity contribution < 1.29 is 9.90 Å². The predicted octanol–water partition coefficient (Wildman–Crippen LogP) is 2.72. The second kappa shape index (κ2) is 9.14. The third-order valence-electron chi connectivity index (χ3n) is 6.30. The predicted molar refractivity (Wildman–Crippen MR) is 120 cm³/mol. The highest BCUT2D eigenvalue weighted by atomic mass is 16.3. The van der Waals surface area contributed by atoms with Crippen LogP contribution < -0.4 is 10.9 Å². The van der Waals surface area contributed by atoms with Gasteiger partial charge in [-0.15, -0.1) is 0 Å². The van der Waals surface area contributed by atoms with Crippen LogP contribution >= 0.6 is 0 Å². The van der Waals surface area contributed by atoms with Crippen molar-refractivity contribution in [1.82, 2.24) is 19.7 Å². The van der Waals surface area contributed by atoms with Crippen LogP contribution in [0.4, 0.5) is 4.79 Å². The highest BCUT2D eigenvalue weighted by molar-refractivity contribution is 5.74. The zero-order valence-corrected chi connectivity index (χ0v) is 18.4. The molecule has 4 rings (SSSR count). The number of nitrogens with one attached hydrogen (secondary N) is 1. The first-order valence-electron chi connectivity index (χ1n) is 11.2. The van der Waals surface area contributed by atoms with Crippen LogP contribution in [0.25, 0.3) is 0 Å². The summed E-state index contributed by atoms with van der Waals surface area (Å²) in [4.78, 5) is 29.7. The topological polar surface area (TPSA) is 77.8 Å². The number of fused-ring (bicyclic) bond motifs is 4. The number of hydrogen-bond acceptors (Lipinski definition) is 4. The maximum atomic E-state index is 13.2. The van der Waals surface area contributed by atoms with Crippen LogP contribution in [-0.4, -0.2) is 52.2 Å². The lowest BCUT2D eigenvalue weighted by Crippen LogP contribution is -2.52. The Hall–Kier alpha value is -2.80. The fraction of sp³-hybridized carbons (Fsp3) is 0.500. The summed E-state index contributed by atoms with van der Waals surface area (Å²) in [6.45, 7) is 6.00. The molecule has 1 aromatic heterocycles. The number of carbonyl (C=O) groups is 1. The van der Waals surface area contributed by atoms with E-state index in [9.17, 15) is 14.7 Å². The summed E-state index contributed by atoms with van der Waals surface area (Å²) >= 11 is 0. The molecule has 1 saturated heterocycles. The number of nitrogens with zero attached hydrogens (tertiary/aromatic N) is 3. The average molecular weight is 425 g/mol.